The molecule has 0 spiro atoms. The summed E-state index contributed by atoms with van der Waals surface area (Å²) in [5.74, 6) is -0.869. The zero-order valence-corrected chi connectivity index (χ0v) is 11.3. The van der Waals surface area contributed by atoms with Gasteiger partial charge in [-0.15, -0.1) is 0 Å². The van der Waals surface area contributed by atoms with Crippen LogP contribution in [0.3, 0.4) is 0 Å². The van der Waals surface area contributed by atoms with Crippen LogP contribution in [0.1, 0.15) is 31.7 Å². The summed E-state index contributed by atoms with van der Waals surface area (Å²) < 4.78 is 54.7. The highest BCUT2D eigenvalue weighted by Crippen LogP contribution is 2.22. The van der Waals surface area contributed by atoms with Gasteiger partial charge >= 0.3 is 6.18 Å². The quantitative estimate of drug-likeness (QED) is 0.589. The van der Waals surface area contributed by atoms with Gasteiger partial charge in [-0.3, -0.25) is 0 Å². The topological polar surface area (TPSA) is 34.2 Å². The Morgan fingerprint density at radius 2 is 2.10 bits per heavy atom. The molecule has 0 radical (unpaired) electrons. The number of ether oxygens (including phenoxy) is 1. The van der Waals surface area contributed by atoms with Crippen molar-refractivity contribution in [3.8, 4) is 5.88 Å². The third kappa shape index (κ3) is 6.18. The SMILES string of the molecule is CCCNCc1ccnc(OCCCC(F)(F)F)c1F. The van der Waals surface area contributed by atoms with E-state index < -0.39 is 18.4 Å². The molecule has 0 unspecified atom stereocenters. The monoisotopic (exact) mass is 294 g/mol. The normalized spacial score (nSPS) is 11.7. The van der Waals surface area contributed by atoms with Crippen molar-refractivity contribution in [2.45, 2.75) is 38.9 Å². The molecule has 0 aliphatic carbocycles. The minimum Gasteiger partial charge on any atom is -0.476 e. The van der Waals surface area contributed by atoms with E-state index >= 15 is 0 Å². The maximum absolute atomic E-state index is 13.9. The van der Waals surface area contributed by atoms with Gasteiger partial charge in [0.2, 0.25) is 0 Å². The molecule has 114 valence electrons. The molecule has 7 heteroatoms. The van der Waals surface area contributed by atoms with Gasteiger partial charge in [0.1, 0.15) is 0 Å². The number of alkyl halides is 3. The van der Waals surface area contributed by atoms with Gasteiger partial charge in [0, 0.05) is 24.7 Å². The minimum atomic E-state index is -4.22. The molecule has 1 heterocycles. The van der Waals surface area contributed by atoms with Gasteiger partial charge in [0.15, 0.2) is 5.82 Å². The predicted octanol–water partition coefficient (Wildman–Crippen LogP) is 3.44. The van der Waals surface area contributed by atoms with Gasteiger partial charge in [-0.05, 0) is 25.5 Å². The van der Waals surface area contributed by atoms with Crippen LogP contribution in [0.2, 0.25) is 0 Å². The molecule has 0 saturated carbocycles. The van der Waals surface area contributed by atoms with Crippen molar-refractivity contribution in [3.63, 3.8) is 0 Å². The lowest BCUT2D eigenvalue weighted by Gasteiger charge is -2.10. The van der Waals surface area contributed by atoms with E-state index in [1.165, 1.54) is 12.3 Å². The fourth-order valence-corrected chi connectivity index (χ4v) is 1.54. The van der Waals surface area contributed by atoms with Crippen LogP contribution in [0.25, 0.3) is 0 Å². The van der Waals surface area contributed by atoms with E-state index in [1.807, 2.05) is 6.92 Å². The molecule has 0 amide bonds. The molecule has 3 nitrogen and oxygen atoms in total. The fourth-order valence-electron chi connectivity index (χ4n) is 1.54. The molecular weight excluding hydrogens is 276 g/mol. The highest BCUT2D eigenvalue weighted by atomic mass is 19.4. The summed E-state index contributed by atoms with van der Waals surface area (Å²) in [6.45, 7) is 2.87. The van der Waals surface area contributed by atoms with E-state index in [1.54, 1.807) is 0 Å². The van der Waals surface area contributed by atoms with Crippen LogP contribution >= 0.6 is 0 Å². The van der Waals surface area contributed by atoms with Crippen LogP contribution in [-0.4, -0.2) is 24.3 Å². The number of aromatic nitrogens is 1. The summed E-state index contributed by atoms with van der Waals surface area (Å²) in [7, 11) is 0. The molecule has 20 heavy (non-hydrogen) atoms. The van der Waals surface area contributed by atoms with E-state index in [0.717, 1.165) is 13.0 Å². The summed E-state index contributed by atoms with van der Waals surface area (Å²) in [5, 5.41) is 3.03. The molecule has 0 saturated heterocycles. The zero-order chi connectivity index (χ0) is 15.0. The second kappa shape index (κ2) is 8.04. The van der Waals surface area contributed by atoms with Crippen molar-refractivity contribution in [2.75, 3.05) is 13.2 Å². The Morgan fingerprint density at radius 1 is 1.35 bits per heavy atom. The molecular formula is C13H18F4N2O. The lowest BCUT2D eigenvalue weighted by Crippen LogP contribution is -2.16. The number of hydrogen-bond acceptors (Lipinski definition) is 3. The molecule has 1 rings (SSSR count). The van der Waals surface area contributed by atoms with E-state index in [-0.39, 0.29) is 18.9 Å². The molecule has 1 aromatic heterocycles. The highest BCUT2D eigenvalue weighted by Gasteiger charge is 2.26. The van der Waals surface area contributed by atoms with Crippen LogP contribution in [0, 0.1) is 5.82 Å². The molecule has 0 atom stereocenters. The summed E-state index contributed by atoms with van der Waals surface area (Å²) in [6, 6.07) is 1.51. The standard InChI is InChI=1S/C13H18F4N2O/c1-2-6-18-9-10-4-7-19-12(11(10)14)20-8-3-5-13(15,16)17/h4,7,18H,2-3,5-6,8-9H2,1H3. The van der Waals surface area contributed by atoms with Crippen molar-refractivity contribution in [3.05, 3.63) is 23.6 Å². The summed E-state index contributed by atoms with van der Waals surface area (Å²) >= 11 is 0. The second-order valence-corrected chi connectivity index (χ2v) is 4.33. The molecule has 0 aliphatic heterocycles. The van der Waals surface area contributed by atoms with E-state index in [2.05, 4.69) is 10.3 Å². The average Bonchev–Trinajstić information content (AvgIpc) is 2.37. The Hall–Kier alpha value is -1.37. The van der Waals surface area contributed by atoms with Crippen LogP contribution in [-0.2, 0) is 6.54 Å². The third-order valence-electron chi connectivity index (χ3n) is 2.52. The molecule has 0 fully saturated rings. The molecule has 0 aliphatic rings. The number of halogens is 4. The molecule has 1 N–H and O–H groups in total. The van der Waals surface area contributed by atoms with E-state index in [0.29, 0.717) is 12.1 Å². The molecule has 0 bridgehead atoms. The number of pyridine rings is 1. The smallest absolute Gasteiger partial charge is 0.389 e. The maximum atomic E-state index is 13.9. The average molecular weight is 294 g/mol. The Kier molecular flexibility index (Phi) is 6.70. The van der Waals surface area contributed by atoms with Gasteiger partial charge in [0.05, 0.1) is 6.61 Å². The van der Waals surface area contributed by atoms with E-state index in [9.17, 15) is 17.6 Å². The van der Waals surface area contributed by atoms with Crippen LogP contribution in [0.4, 0.5) is 17.6 Å². The highest BCUT2D eigenvalue weighted by molar-refractivity contribution is 5.23. The number of nitrogens with one attached hydrogen (secondary N) is 1. The number of nitrogens with zero attached hydrogens (tertiary/aromatic N) is 1. The van der Waals surface area contributed by atoms with Gasteiger partial charge in [-0.25, -0.2) is 9.37 Å². The Labute approximate surface area is 115 Å². The van der Waals surface area contributed by atoms with Crippen LogP contribution < -0.4 is 10.1 Å². The predicted molar refractivity (Wildman–Crippen MR) is 67.0 cm³/mol. The van der Waals surface area contributed by atoms with Crippen molar-refractivity contribution < 1.29 is 22.3 Å². The number of hydrogen-bond donors (Lipinski definition) is 1. The van der Waals surface area contributed by atoms with Gasteiger partial charge < -0.3 is 10.1 Å². The van der Waals surface area contributed by atoms with Crippen molar-refractivity contribution in [2.24, 2.45) is 0 Å². The van der Waals surface area contributed by atoms with E-state index in [4.69, 9.17) is 4.74 Å². The minimum absolute atomic E-state index is 0.213. The Balaban J connectivity index is 2.47. The lowest BCUT2D eigenvalue weighted by atomic mass is 10.2. The first-order valence-corrected chi connectivity index (χ1v) is 6.47. The molecule has 0 aromatic carbocycles. The van der Waals surface area contributed by atoms with Crippen molar-refractivity contribution in [1.82, 2.24) is 10.3 Å². The Morgan fingerprint density at radius 3 is 2.75 bits per heavy atom. The maximum Gasteiger partial charge on any atom is 0.389 e. The fraction of sp³-hybridized carbons (Fsp3) is 0.615. The van der Waals surface area contributed by atoms with Crippen LogP contribution in [0.15, 0.2) is 12.3 Å². The molecule has 1 aromatic rings. The first-order valence-electron chi connectivity index (χ1n) is 6.47. The number of rotatable bonds is 8. The first-order chi connectivity index (χ1) is 9.44. The van der Waals surface area contributed by atoms with Gasteiger partial charge in [-0.1, -0.05) is 6.92 Å². The third-order valence-corrected chi connectivity index (χ3v) is 2.52. The summed E-state index contributed by atoms with van der Waals surface area (Å²) in [5.41, 5.74) is 0.388. The Bertz CT molecular complexity index is 410. The van der Waals surface area contributed by atoms with Crippen molar-refractivity contribution >= 4 is 0 Å². The summed E-state index contributed by atoms with van der Waals surface area (Å²) in [4.78, 5) is 3.69. The van der Waals surface area contributed by atoms with Crippen molar-refractivity contribution in [1.29, 1.82) is 0 Å². The lowest BCUT2D eigenvalue weighted by molar-refractivity contribution is -0.136. The largest absolute Gasteiger partial charge is 0.476 e. The van der Waals surface area contributed by atoms with Crippen LogP contribution in [0.5, 0.6) is 5.88 Å². The zero-order valence-electron chi connectivity index (χ0n) is 11.3. The summed E-state index contributed by atoms with van der Waals surface area (Å²) in [6.07, 6.45) is -3.09. The second-order valence-electron chi connectivity index (χ2n) is 4.33. The van der Waals surface area contributed by atoms with Gasteiger partial charge in [-0.2, -0.15) is 13.2 Å². The first kappa shape index (κ1) is 16.7. The van der Waals surface area contributed by atoms with Gasteiger partial charge in [0.25, 0.3) is 5.88 Å².